The fourth-order valence-corrected chi connectivity index (χ4v) is 3.64. The van der Waals surface area contributed by atoms with E-state index in [2.05, 4.69) is 20.9 Å². The molecule has 4 rings (SSSR count). The van der Waals surface area contributed by atoms with Crippen molar-refractivity contribution in [1.29, 1.82) is 0 Å². The number of carbonyl (C=O) groups is 1. The molecule has 0 aliphatic carbocycles. The maximum absolute atomic E-state index is 13.3. The SMILES string of the molecule is CC(C)(C)OC(=O)CCc1[nH]c(-c2ccco2)c2c(=O)c3cc(Br)ccc3oc12. The predicted octanol–water partition coefficient (Wildman–Crippen LogP) is 5.57. The van der Waals surface area contributed by atoms with Gasteiger partial charge in [0, 0.05) is 10.9 Å². The van der Waals surface area contributed by atoms with E-state index in [1.807, 2.05) is 26.8 Å². The Labute approximate surface area is 175 Å². The Morgan fingerprint density at radius 1 is 1.24 bits per heavy atom. The van der Waals surface area contributed by atoms with Gasteiger partial charge in [0.25, 0.3) is 0 Å². The molecule has 0 spiro atoms. The Morgan fingerprint density at radius 3 is 2.72 bits per heavy atom. The standard InChI is InChI=1S/C22H20BrNO5/c1-22(2,3)29-17(25)9-7-14-21-18(19(24-14)16-5-4-10-27-16)20(26)13-11-12(23)6-8-15(13)28-21/h4-6,8,10-11,24H,7,9H2,1-3H3. The molecule has 29 heavy (non-hydrogen) atoms. The van der Waals surface area contributed by atoms with Gasteiger partial charge in [-0.2, -0.15) is 0 Å². The van der Waals surface area contributed by atoms with E-state index >= 15 is 0 Å². The summed E-state index contributed by atoms with van der Waals surface area (Å²) >= 11 is 3.40. The number of H-pyrrole nitrogens is 1. The number of aromatic amines is 1. The quantitative estimate of drug-likeness (QED) is 0.404. The molecule has 0 bridgehead atoms. The number of aromatic nitrogens is 1. The van der Waals surface area contributed by atoms with E-state index in [1.165, 1.54) is 0 Å². The Balaban J connectivity index is 1.85. The van der Waals surface area contributed by atoms with E-state index in [4.69, 9.17) is 13.6 Å². The van der Waals surface area contributed by atoms with Crippen molar-refractivity contribution >= 4 is 43.8 Å². The zero-order valence-corrected chi connectivity index (χ0v) is 17.9. The second kappa shape index (κ2) is 7.22. The van der Waals surface area contributed by atoms with Crippen molar-refractivity contribution in [2.45, 2.75) is 39.2 Å². The summed E-state index contributed by atoms with van der Waals surface area (Å²) in [6.07, 6.45) is 2.05. The van der Waals surface area contributed by atoms with Gasteiger partial charge in [-0.25, -0.2) is 0 Å². The van der Waals surface area contributed by atoms with Gasteiger partial charge in [0.2, 0.25) is 5.43 Å². The third-order valence-corrected chi connectivity index (χ3v) is 4.91. The number of hydrogen-bond acceptors (Lipinski definition) is 5. The highest BCUT2D eigenvalue weighted by molar-refractivity contribution is 9.10. The molecular weight excluding hydrogens is 438 g/mol. The number of ether oxygens (including phenoxy) is 1. The van der Waals surface area contributed by atoms with Gasteiger partial charge in [-0.1, -0.05) is 15.9 Å². The number of halogens is 1. The Kier molecular flexibility index (Phi) is 4.86. The minimum Gasteiger partial charge on any atom is -0.463 e. The molecule has 4 aromatic rings. The summed E-state index contributed by atoms with van der Waals surface area (Å²) in [5.41, 5.74) is 1.39. The first-order chi connectivity index (χ1) is 13.7. The van der Waals surface area contributed by atoms with E-state index in [0.29, 0.717) is 45.5 Å². The normalized spacial score (nSPS) is 12.0. The van der Waals surface area contributed by atoms with Crippen LogP contribution in [-0.4, -0.2) is 16.6 Å². The van der Waals surface area contributed by atoms with E-state index in [9.17, 15) is 9.59 Å². The lowest BCUT2D eigenvalue weighted by Gasteiger charge is -2.19. The van der Waals surface area contributed by atoms with E-state index < -0.39 is 5.60 Å². The highest BCUT2D eigenvalue weighted by Gasteiger charge is 2.22. The lowest BCUT2D eigenvalue weighted by Crippen LogP contribution is -2.24. The predicted molar refractivity (Wildman–Crippen MR) is 114 cm³/mol. The lowest BCUT2D eigenvalue weighted by molar-refractivity contribution is -0.154. The largest absolute Gasteiger partial charge is 0.463 e. The van der Waals surface area contributed by atoms with Gasteiger partial charge in [-0.15, -0.1) is 0 Å². The molecule has 0 radical (unpaired) electrons. The first-order valence-corrected chi connectivity index (χ1v) is 10.0. The lowest BCUT2D eigenvalue weighted by atomic mass is 10.1. The van der Waals surface area contributed by atoms with Gasteiger partial charge in [0.1, 0.15) is 11.2 Å². The molecule has 3 heterocycles. The third kappa shape index (κ3) is 3.87. The molecule has 6 nitrogen and oxygen atoms in total. The zero-order chi connectivity index (χ0) is 20.8. The van der Waals surface area contributed by atoms with Crippen LogP contribution in [0.4, 0.5) is 0 Å². The zero-order valence-electron chi connectivity index (χ0n) is 16.3. The number of esters is 1. The second-order valence-electron chi connectivity index (χ2n) is 7.82. The second-order valence-corrected chi connectivity index (χ2v) is 8.73. The monoisotopic (exact) mass is 457 g/mol. The van der Waals surface area contributed by atoms with Crippen molar-refractivity contribution in [2.75, 3.05) is 0 Å². The molecule has 1 aromatic carbocycles. The summed E-state index contributed by atoms with van der Waals surface area (Å²) in [6, 6.07) is 8.82. The number of hydrogen-bond donors (Lipinski definition) is 1. The molecule has 0 saturated heterocycles. The van der Waals surface area contributed by atoms with Crippen molar-refractivity contribution in [1.82, 2.24) is 4.98 Å². The van der Waals surface area contributed by atoms with Gasteiger partial charge in [-0.05, 0) is 51.1 Å². The van der Waals surface area contributed by atoms with Gasteiger partial charge in [-0.3, -0.25) is 9.59 Å². The number of rotatable bonds is 4. The number of nitrogens with one attached hydrogen (secondary N) is 1. The van der Waals surface area contributed by atoms with Crippen LogP contribution >= 0.6 is 15.9 Å². The Bertz CT molecular complexity index is 1260. The fourth-order valence-electron chi connectivity index (χ4n) is 3.28. The average molecular weight is 458 g/mol. The number of furan rings is 1. The maximum atomic E-state index is 13.3. The molecule has 0 aliphatic rings. The first kappa shape index (κ1) is 19.5. The topological polar surface area (TPSA) is 85.4 Å². The average Bonchev–Trinajstić information content (AvgIpc) is 3.27. The van der Waals surface area contributed by atoms with Crippen LogP contribution in [-0.2, 0) is 16.0 Å². The molecule has 0 unspecified atom stereocenters. The van der Waals surface area contributed by atoms with E-state index in [-0.39, 0.29) is 17.8 Å². The van der Waals surface area contributed by atoms with Crippen molar-refractivity contribution in [2.24, 2.45) is 0 Å². The van der Waals surface area contributed by atoms with Gasteiger partial charge in [0.15, 0.2) is 11.3 Å². The van der Waals surface area contributed by atoms with Crippen molar-refractivity contribution in [3.63, 3.8) is 0 Å². The number of benzene rings is 1. The smallest absolute Gasteiger partial charge is 0.306 e. The van der Waals surface area contributed by atoms with Crippen LogP contribution in [0.15, 0.2) is 54.7 Å². The third-order valence-electron chi connectivity index (χ3n) is 4.42. The van der Waals surface area contributed by atoms with Gasteiger partial charge >= 0.3 is 5.97 Å². The molecule has 0 atom stereocenters. The summed E-state index contributed by atoms with van der Waals surface area (Å²) in [5.74, 6) is 0.215. The molecule has 3 aromatic heterocycles. The van der Waals surface area contributed by atoms with Crippen LogP contribution in [0.2, 0.25) is 0 Å². The highest BCUT2D eigenvalue weighted by Crippen LogP contribution is 2.32. The van der Waals surface area contributed by atoms with Crippen LogP contribution in [0.3, 0.4) is 0 Å². The summed E-state index contributed by atoms with van der Waals surface area (Å²) < 4.78 is 17.8. The summed E-state index contributed by atoms with van der Waals surface area (Å²) in [7, 11) is 0. The summed E-state index contributed by atoms with van der Waals surface area (Å²) in [5, 5.41) is 0.877. The van der Waals surface area contributed by atoms with Crippen molar-refractivity contribution in [3.05, 3.63) is 57.0 Å². The first-order valence-electron chi connectivity index (χ1n) is 9.25. The molecule has 0 amide bonds. The Hall–Kier alpha value is -2.80. The molecule has 150 valence electrons. The van der Waals surface area contributed by atoms with Crippen LogP contribution in [0.5, 0.6) is 0 Å². The number of carbonyl (C=O) groups excluding carboxylic acids is 1. The highest BCUT2D eigenvalue weighted by atomic mass is 79.9. The minimum absolute atomic E-state index is 0.159. The van der Waals surface area contributed by atoms with Gasteiger partial charge < -0.3 is 18.6 Å². The van der Waals surface area contributed by atoms with Crippen molar-refractivity contribution in [3.8, 4) is 11.5 Å². The van der Waals surface area contributed by atoms with Crippen molar-refractivity contribution < 1.29 is 18.4 Å². The molecule has 1 N–H and O–H groups in total. The Morgan fingerprint density at radius 2 is 2.03 bits per heavy atom. The molecule has 0 fully saturated rings. The van der Waals surface area contributed by atoms with E-state index in [1.54, 1.807) is 30.5 Å². The van der Waals surface area contributed by atoms with Crippen LogP contribution in [0.1, 0.15) is 32.9 Å². The molecule has 0 saturated carbocycles. The molecule has 0 aliphatic heterocycles. The molecular formula is C22H20BrNO5. The maximum Gasteiger partial charge on any atom is 0.306 e. The summed E-state index contributed by atoms with van der Waals surface area (Å²) in [4.78, 5) is 28.7. The molecule has 7 heteroatoms. The minimum atomic E-state index is -0.551. The van der Waals surface area contributed by atoms with Crippen LogP contribution < -0.4 is 5.43 Å². The fraction of sp³-hybridized carbons (Fsp3) is 0.273. The van der Waals surface area contributed by atoms with Gasteiger partial charge in [0.05, 0.1) is 34.8 Å². The van der Waals surface area contributed by atoms with E-state index in [0.717, 1.165) is 4.47 Å². The number of fused-ring (bicyclic) bond motifs is 2. The van der Waals surface area contributed by atoms with Crippen LogP contribution in [0, 0.1) is 0 Å². The summed E-state index contributed by atoms with van der Waals surface area (Å²) in [6.45, 7) is 5.48. The van der Waals surface area contributed by atoms with Crippen LogP contribution in [0.25, 0.3) is 33.4 Å². The number of aryl methyl sites for hydroxylation is 1.